The van der Waals surface area contributed by atoms with Crippen LogP contribution in [0.25, 0.3) is 0 Å². The van der Waals surface area contributed by atoms with Gasteiger partial charge in [0, 0.05) is 31.1 Å². The van der Waals surface area contributed by atoms with Gasteiger partial charge in [0.05, 0.1) is 24.8 Å². The first-order valence-electron chi connectivity index (χ1n) is 7.30. The summed E-state index contributed by atoms with van der Waals surface area (Å²) in [5, 5.41) is 12.5. The molecule has 0 aromatic carbocycles. The van der Waals surface area contributed by atoms with Gasteiger partial charge in [0.25, 0.3) is 11.5 Å². The Morgan fingerprint density at radius 1 is 1.39 bits per heavy atom. The molecule has 0 aliphatic carbocycles. The number of carbonyl (C=O) groups excluding carboxylic acids is 1. The predicted molar refractivity (Wildman–Crippen MR) is 84.4 cm³/mol. The van der Waals surface area contributed by atoms with Crippen molar-refractivity contribution in [2.45, 2.75) is 19.6 Å². The lowest BCUT2D eigenvalue weighted by molar-refractivity contribution is 0.0902. The minimum absolute atomic E-state index is 0.0351. The van der Waals surface area contributed by atoms with E-state index < -0.39 is 6.10 Å². The number of nitrogens with one attached hydrogen (secondary N) is 1. The van der Waals surface area contributed by atoms with Crippen LogP contribution in [-0.2, 0) is 6.54 Å². The highest BCUT2D eigenvalue weighted by Crippen LogP contribution is 2.07. The molecule has 0 aliphatic rings. The number of rotatable bonds is 7. The zero-order chi connectivity index (χ0) is 16.7. The maximum Gasteiger partial charge on any atom is 0.252 e. The molecule has 2 aromatic rings. The van der Waals surface area contributed by atoms with Crippen molar-refractivity contribution in [3.63, 3.8) is 0 Å². The third kappa shape index (κ3) is 4.93. The van der Waals surface area contributed by atoms with Crippen LogP contribution in [0.1, 0.15) is 17.3 Å². The number of hydrogen-bond donors (Lipinski definition) is 2. The van der Waals surface area contributed by atoms with Gasteiger partial charge in [-0.25, -0.2) is 4.98 Å². The molecule has 122 valence electrons. The molecule has 1 amide bonds. The van der Waals surface area contributed by atoms with Crippen LogP contribution >= 0.6 is 0 Å². The van der Waals surface area contributed by atoms with E-state index in [0.717, 1.165) is 0 Å². The van der Waals surface area contributed by atoms with E-state index in [2.05, 4.69) is 10.3 Å². The molecule has 0 bridgehead atoms. The van der Waals surface area contributed by atoms with Crippen LogP contribution in [0, 0.1) is 0 Å². The second-order valence-corrected chi connectivity index (χ2v) is 4.87. The lowest BCUT2D eigenvalue weighted by atomic mass is 10.2. The van der Waals surface area contributed by atoms with Crippen LogP contribution in [-0.4, -0.2) is 39.8 Å². The van der Waals surface area contributed by atoms with E-state index in [1.165, 1.54) is 16.8 Å². The van der Waals surface area contributed by atoms with Crippen LogP contribution < -0.4 is 15.6 Å². The van der Waals surface area contributed by atoms with Gasteiger partial charge in [-0.3, -0.25) is 9.59 Å². The molecule has 0 radical (unpaired) electrons. The summed E-state index contributed by atoms with van der Waals surface area (Å²) < 4.78 is 6.59. The average Bonchev–Trinajstić information content (AvgIpc) is 2.56. The van der Waals surface area contributed by atoms with Gasteiger partial charge >= 0.3 is 0 Å². The Balaban J connectivity index is 1.86. The molecule has 0 aliphatic heterocycles. The molecule has 0 fully saturated rings. The molecule has 1 atom stereocenters. The van der Waals surface area contributed by atoms with Gasteiger partial charge in [-0.1, -0.05) is 6.07 Å². The second kappa shape index (κ2) is 8.09. The third-order valence-corrected chi connectivity index (χ3v) is 3.10. The van der Waals surface area contributed by atoms with Crippen molar-refractivity contribution < 1.29 is 14.6 Å². The van der Waals surface area contributed by atoms with E-state index in [0.29, 0.717) is 18.1 Å². The van der Waals surface area contributed by atoms with Crippen LogP contribution in [0.15, 0.2) is 47.5 Å². The summed E-state index contributed by atoms with van der Waals surface area (Å²) in [5.41, 5.74) is 0.172. The van der Waals surface area contributed by atoms with Crippen LogP contribution in [0.3, 0.4) is 0 Å². The summed E-state index contributed by atoms with van der Waals surface area (Å²) >= 11 is 0. The van der Waals surface area contributed by atoms with Crippen molar-refractivity contribution in [3.05, 3.63) is 58.6 Å². The minimum Gasteiger partial charge on any atom is -0.478 e. The van der Waals surface area contributed by atoms with Crippen molar-refractivity contribution in [3.8, 4) is 5.88 Å². The number of amides is 1. The SMILES string of the molecule is CCOc1ccc(C(=O)NCC(O)Cn2ccccc2=O)cn1. The van der Waals surface area contributed by atoms with E-state index in [-0.39, 0.29) is 24.6 Å². The van der Waals surface area contributed by atoms with E-state index in [4.69, 9.17) is 4.74 Å². The van der Waals surface area contributed by atoms with Gasteiger partial charge in [0.2, 0.25) is 5.88 Å². The van der Waals surface area contributed by atoms with Gasteiger partial charge in [-0.05, 0) is 19.1 Å². The Morgan fingerprint density at radius 2 is 2.22 bits per heavy atom. The highest BCUT2D eigenvalue weighted by molar-refractivity contribution is 5.93. The van der Waals surface area contributed by atoms with Crippen molar-refractivity contribution in [1.82, 2.24) is 14.9 Å². The fraction of sp³-hybridized carbons (Fsp3) is 0.312. The molecular formula is C16H19N3O4. The third-order valence-electron chi connectivity index (χ3n) is 3.10. The van der Waals surface area contributed by atoms with E-state index in [9.17, 15) is 14.7 Å². The van der Waals surface area contributed by atoms with Crippen molar-refractivity contribution in [2.75, 3.05) is 13.2 Å². The fourth-order valence-corrected chi connectivity index (χ4v) is 1.96. The standard InChI is InChI=1S/C16H19N3O4/c1-2-23-14-7-6-12(9-17-14)16(22)18-10-13(20)11-19-8-4-3-5-15(19)21/h3-9,13,20H,2,10-11H2,1H3,(H,18,22). The summed E-state index contributed by atoms with van der Waals surface area (Å²) in [5.74, 6) is 0.104. The molecule has 0 spiro atoms. The minimum atomic E-state index is -0.866. The van der Waals surface area contributed by atoms with Gasteiger partial charge in [-0.2, -0.15) is 0 Å². The quantitative estimate of drug-likeness (QED) is 0.772. The Kier molecular flexibility index (Phi) is 5.87. The second-order valence-electron chi connectivity index (χ2n) is 4.87. The first-order chi connectivity index (χ1) is 11.1. The largest absolute Gasteiger partial charge is 0.478 e. The number of pyridine rings is 2. The lowest BCUT2D eigenvalue weighted by Gasteiger charge is -2.13. The maximum absolute atomic E-state index is 12.0. The topological polar surface area (TPSA) is 93.5 Å². The summed E-state index contributed by atoms with van der Waals surface area (Å²) in [7, 11) is 0. The molecule has 0 saturated carbocycles. The average molecular weight is 317 g/mol. The number of ether oxygens (including phenoxy) is 1. The van der Waals surface area contributed by atoms with Crippen LogP contribution in [0.5, 0.6) is 5.88 Å². The Hall–Kier alpha value is -2.67. The molecule has 7 nitrogen and oxygen atoms in total. The summed E-state index contributed by atoms with van der Waals surface area (Å²) in [6.07, 6.45) is 2.13. The van der Waals surface area contributed by atoms with Crippen LogP contribution in [0.2, 0.25) is 0 Å². The molecule has 2 rings (SSSR count). The lowest BCUT2D eigenvalue weighted by Crippen LogP contribution is -2.36. The van der Waals surface area contributed by atoms with Gasteiger partial charge in [0.15, 0.2) is 0 Å². The highest BCUT2D eigenvalue weighted by Gasteiger charge is 2.10. The Labute approximate surface area is 133 Å². The molecule has 7 heteroatoms. The van der Waals surface area contributed by atoms with Gasteiger partial charge < -0.3 is 19.7 Å². The van der Waals surface area contributed by atoms with E-state index >= 15 is 0 Å². The number of nitrogens with zero attached hydrogens (tertiary/aromatic N) is 2. The number of aromatic nitrogens is 2. The molecule has 23 heavy (non-hydrogen) atoms. The molecule has 2 N–H and O–H groups in total. The Morgan fingerprint density at radius 3 is 2.87 bits per heavy atom. The summed E-state index contributed by atoms with van der Waals surface area (Å²) in [6, 6.07) is 7.96. The Bertz CT molecular complexity index is 697. The molecule has 0 saturated heterocycles. The molecule has 2 heterocycles. The normalized spacial score (nSPS) is 11.7. The molecule has 1 unspecified atom stereocenters. The fourth-order valence-electron chi connectivity index (χ4n) is 1.96. The van der Waals surface area contributed by atoms with Gasteiger partial charge in [0.1, 0.15) is 0 Å². The molecule has 2 aromatic heterocycles. The smallest absolute Gasteiger partial charge is 0.252 e. The monoisotopic (exact) mass is 317 g/mol. The van der Waals surface area contributed by atoms with Crippen molar-refractivity contribution in [2.24, 2.45) is 0 Å². The molecular weight excluding hydrogens is 298 g/mol. The first-order valence-corrected chi connectivity index (χ1v) is 7.30. The van der Waals surface area contributed by atoms with E-state index in [1.807, 2.05) is 6.92 Å². The van der Waals surface area contributed by atoms with E-state index in [1.54, 1.807) is 30.5 Å². The zero-order valence-corrected chi connectivity index (χ0v) is 12.8. The van der Waals surface area contributed by atoms with Gasteiger partial charge in [-0.15, -0.1) is 0 Å². The van der Waals surface area contributed by atoms with Crippen molar-refractivity contribution in [1.29, 1.82) is 0 Å². The summed E-state index contributed by atoms with van der Waals surface area (Å²) in [6.45, 7) is 2.50. The first kappa shape index (κ1) is 16.7. The predicted octanol–water partition coefficient (Wildman–Crippen LogP) is 0.433. The maximum atomic E-state index is 12.0. The zero-order valence-electron chi connectivity index (χ0n) is 12.8. The highest BCUT2D eigenvalue weighted by atomic mass is 16.5. The number of aliphatic hydroxyl groups excluding tert-OH is 1. The number of carbonyl (C=O) groups is 1. The number of hydrogen-bond acceptors (Lipinski definition) is 5. The van der Waals surface area contributed by atoms with Crippen molar-refractivity contribution >= 4 is 5.91 Å². The number of aliphatic hydroxyl groups is 1. The van der Waals surface area contributed by atoms with Crippen LogP contribution in [0.4, 0.5) is 0 Å². The summed E-state index contributed by atoms with van der Waals surface area (Å²) in [4.78, 5) is 27.5.